The predicted octanol–water partition coefficient (Wildman–Crippen LogP) is 6.01. The van der Waals surface area contributed by atoms with E-state index in [9.17, 15) is 10.1 Å². The Morgan fingerprint density at radius 1 is 0.871 bits per heavy atom. The molecule has 3 aromatic carbocycles. The van der Waals surface area contributed by atoms with Gasteiger partial charge in [-0.25, -0.2) is 9.97 Å². The lowest BCUT2D eigenvalue weighted by atomic mass is 10.2. The summed E-state index contributed by atoms with van der Waals surface area (Å²) in [4.78, 5) is 20.8. The van der Waals surface area contributed by atoms with Crippen LogP contribution >= 0.6 is 11.8 Å². The van der Waals surface area contributed by atoms with E-state index < -0.39 is 4.92 Å². The highest BCUT2D eigenvalue weighted by atomic mass is 32.2. The summed E-state index contributed by atoms with van der Waals surface area (Å²) in [7, 11) is 0. The highest BCUT2D eigenvalue weighted by Gasteiger charge is 2.25. The number of hydrogen-bond acceptors (Lipinski definition) is 7. The number of aromatic nitrogens is 2. The normalized spacial score (nSPS) is 10.5. The predicted molar refractivity (Wildman–Crippen MR) is 123 cm³/mol. The Labute approximate surface area is 183 Å². The minimum atomic E-state index is -0.451. The molecule has 7 nitrogen and oxygen atoms in total. The van der Waals surface area contributed by atoms with E-state index in [4.69, 9.17) is 0 Å². The zero-order chi connectivity index (χ0) is 21.6. The molecular weight excluding hydrogens is 410 g/mol. The van der Waals surface area contributed by atoms with Gasteiger partial charge in [0.2, 0.25) is 5.82 Å². The molecule has 154 valence electrons. The molecule has 0 fully saturated rings. The quantitative estimate of drug-likeness (QED) is 0.219. The maximum Gasteiger partial charge on any atom is 0.345 e. The summed E-state index contributed by atoms with van der Waals surface area (Å²) in [6.45, 7) is 1.99. The molecule has 1 N–H and O–H groups in total. The first-order valence-corrected chi connectivity index (χ1v) is 10.3. The summed E-state index contributed by atoms with van der Waals surface area (Å²) in [6.07, 6.45) is 1.33. The summed E-state index contributed by atoms with van der Waals surface area (Å²) in [5.41, 5.74) is 5.69. The van der Waals surface area contributed by atoms with Gasteiger partial charge in [0.15, 0.2) is 5.03 Å². The van der Waals surface area contributed by atoms with Crippen molar-refractivity contribution in [2.45, 2.75) is 16.8 Å². The molecule has 0 aliphatic carbocycles. The van der Waals surface area contributed by atoms with Crippen molar-refractivity contribution in [3.05, 3.63) is 107 Å². The molecule has 0 amide bonds. The van der Waals surface area contributed by atoms with Gasteiger partial charge >= 0.3 is 5.69 Å². The lowest BCUT2D eigenvalue weighted by Gasteiger charge is -2.25. The Balaban J connectivity index is 1.74. The Kier molecular flexibility index (Phi) is 6.09. The molecule has 0 aliphatic rings. The van der Waals surface area contributed by atoms with E-state index in [2.05, 4.69) is 15.4 Å². The monoisotopic (exact) mass is 429 g/mol. The summed E-state index contributed by atoms with van der Waals surface area (Å²) < 4.78 is 0. The summed E-state index contributed by atoms with van der Waals surface area (Å²) in [6, 6.07) is 26.8. The second kappa shape index (κ2) is 9.27. The molecule has 0 atom stereocenters. The van der Waals surface area contributed by atoms with Crippen LogP contribution in [0.2, 0.25) is 0 Å². The van der Waals surface area contributed by atoms with Crippen molar-refractivity contribution < 1.29 is 4.92 Å². The topological polar surface area (TPSA) is 84.2 Å². The molecule has 0 radical (unpaired) electrons. The molecule has 31 heavy (non-hydrogen) atoms. The molecule has 0 saturated carbocycles. The molecule has 0 unspecified atom stereocenters. The van der Waals surface area contributed by atoms with Gasteiger partial charge in [0.05, 0.1) is 16.3 Å². The summed E-state index contributed by atoms with van der Waals surface area (Å²) >= 11 is 1.23. The SMILES string of the molecule is Cc1ccc(Sc2ncnc(NN(c3ccccc3)c3ccccc3)c2[N+](=O)[O-])cc1. The third-order valence-electron chi connectivity index (χ3n) is 4.45. The van der Waals surface area contributed by atoms with Gasteiger partial charge in [-0.05, 0) is 43.3 Å². The van der Waals surface area contributed by atoms with E-state index in [1.165, 1.54) is 18.1 Å². The second-order valence-electron chi connectivity index (χ2n) is 6.67. The molecule has 0 spiro atoms. The minimum Gasteiger partial charge on any atom is -0.271 e. The van der Waals surface area contributed by atoms with Crippen LogP contribution in [0.25, 0.3) is 0 Å². The number of benzene rings is 3. The smallest absolute Gasteiger partial charge is 0.271 e. The average molecular weight is 430 g/mol. The van der Waals surface area contributed by atoms with Crippen molar-refractivity contribution in [1.82, 2.24) is 9.97 Å². The molecule has 1 heterocycles. The van der Waals surface area contributed by atoms with E-state index in [1.54, 1.807) is 5.01 Å². The number of nitrogens with one attached hydrogen (secondary N) is 1. The summed E-state index contributed by atoms with van der Waals surface area (Å²) in [5.74, 6) is 0.113. The first-order valence-electron chi connectivity index (χ1n) is 9.52. The molecule has 8 heteroatoms. The van der Waals surface area contributed by atoms with Crippen molar-refractivity contribution in [2.75, 3.05) is 10.4 Å². The van der Waals surface area contributed by atoms with E-state index >= 15 is 0 Å². The molecule has 0 aliphatic heterocycles. The van der Waals surface area contributed by atoms with Crippen molar-refractivity contribution in [1.29, 1.82) is 0 Å². The molecule has 0 bridgehead atoms. The van der Waals surface area contributed by atoms with Gasteiger partial charge in [0.25, 0.3) is 0 Å². The first-order chi connectivity index (χ1) is 15.1. The fourth-order valence-electron chi connectivity index (χ4n) is 2.94. The molecule has 4 aromatic rings. The number of nitrogens with zero attached hydrogens (tertiary/aromatic N) is 4. The van der Waals surface area contributed by atoms with E-state index in [0.717, 1.165) is 21.8 Å². The Morgan fingerprint density at radius 2 is 1.45 bits per heavy atom. The van der Waals surface area contributed by atoms with Crippen LogP contribution in [0, 0.1) is 17.0 Å². The fourth-order valence-corrected chi connectivity index (χ4v) is 3.80. The van der Waals surface area contributed by atoms with Crippen LogP contribution < -0.4 is 10.4 Å². The maximum atomic E-state index is 12.0. The number of anilines is 3. The number of hydrogen-bond donors (Lipinski definition) is 1. The highest BCUT2D eigenvalue weighted by molar-refractivity contribution is 7.99. The van der Waals surface area contributed by atoms with Gasteiger partial charge in [0, 0.05) is 4.90 Å². The number of para-hydroxylation sites is 2. The van der Waals surface area contributed by atoms with Crippen LogP contribution in [-0.4, -0.2) is 14.9 Å². The molecule has 4 rings (SSSR count). The van der Waals surface area contributed by atoms with Crippen LogP contribution in [0.1, 0.15) is 5.56 Å². The van der Waals surface area contributed by atoms with Crippen molar-refractivity contribution in [3.63, 3.8) is 0 Å². The molecule has 1 aromatic heterocycles. The van der Waals surface area contributed by atoms with Gasteiger partial charge in [-0.15, -0.1) is 0 Å². The molecule has 0 saturated heterocycles. The zero-order valence-corrected chi connectivity index (χ0v) is 17.5. The zero-order valence-electron chi connectivity index (χ0n) is 16.7. The van der Waals surface area contributed by atoms with Crippen molar-refractivity contribution >= 4 is 34.6 Å². The maximum absolute atomic E-state index is 12.0. The van der Waals surface area contributed by atoms with E-state index in [1.807, 2.05) is 91.9 Å². The number of aryl methyl sites for hydroxylation is 1. The largest absolute Gasteiger partial charge is 0.345 e. The van der Waals surface area contributed by atoms with Crippen LogP contribution in [0.15, 0.2) is 101 Å². The Bertz CT molecular complexity index is 1130. The number of nitro groups is 1. The van der Waals surface area contributed by atoms with Crippen LogP contribution in [0.4, 0.5) is 22.9 Å². The third-order valence-corrected chi connectivity index (χ3v) is 5.45. The number of hydrazine groups is 1. The van der Waals surface area contributed by atoms with Gasteiger partial charge < -0.3 is 0 Å². The van der Waals surface area contributed by atoms with Gasteiger partial charge in [0.1, 0.15) is 6.33 Å². The van der Waals surface area contributed by atoms with Gasteiger partial charge in [-0.3, -0.25) is 20.5 Å². The first kappa shape index (κ1) is 20.4. The Hall–Kier alpha value is -3.91. The van der Waals surface area contributed by atoms with Crippen LogP contribution in [-0.2, 0) is 0 Å². The molecular formula is C23H19N5O2S. The lowest BCUT2D eigenvalue weighted by molar-refractivity contribution is -0.387. The van der Waals surface area contributed by atoms with Gasteiger partial charge in [-0.2, -0.15) is 0 Å². The summed E-state index contributed by atoms with van der Waals surface area (Å²) in [5, 5.41) is 14.0. The minimum absolute atomic E-state index is 0.113. The Morgan fingerprint density at radius 3 is 2.00 bits per heavy atom. The second-order valence-corrected chi connectivity index (χ2v) is 7.73. The average Bonchev–Trinajstić information content (AvgIpc) is 2.80. The highest BCUT2D eigenvalue weighted by Crippen LogP contribution is 2.37. The number of rotatable bonds is 7. The lowest BCUT2D eigenvalue weighted by Crippen LogP contribution is -2.25. The van der Waals surface area contributed by atoms with E-state index in [-0.39, 0.29) is 16.5 Å². The standard InChI is InChI=1S/C23H19N5O2S/c1-17-12-14-20(15-13-17)31-23-21(28(29)30)22(24-16-25-23)26-27(18-8-4-2-5-9-18)19-10-6-3-7-11-19/h2-16H,1H3,(H,24,25,26). The van der Waals surface area contributed by atoms with Crippen molar-refractivity contribution in [2.24, 2.45) is 0 Å². The van der Waals surface area contributed by atoms with E-state index in [0.29, 0.717) is 0 Å². The van der Waals surface area contributed by atoms with Crippen molar-refractivity contribution in [3.8, 4) is 0 Å². The fraction of sp³-hybridized carbons (Fsp3) is 0.0435. The van der Waals surface area contributed by atoms with Crippen LogP contribution in [0.3, 0.4) is 0 Å². The van der Waals surface area contributed by atoms with Gasteiger partial charge in [-0.1, -0.05) is 65.9 Å². The van der Waals surface area contributed by atoms with Crippen LogP contribution in [0.5, 0.6) is 0 Å². The third kappa shape index (κ3) is 4.81.